The Balaban J connectivity index is 4.14. The van der Waals surface area contributed by atoms with Gasteiger partial charge in [-0.25, -0.2) is 0 Å². The maximum Gasteiger partial charge on any atom is 0.337 e. The monoisotopic (exact) mass is 202 g/mol. The van der Waals surface area contributed by atoms with E-state index in [1.165, 1.54) is 0 Å². The van der Waals surface area contributed by atoms with E-state index in [0.29, 0.717) is 0 Å². The molecule has 0 heterocycles. The standard InChI is InChI=1S/C4H12O5P2/c1-3-9-11(7,8)4-10(2,5)6/h3-4H2,1-2H3,(H,5,6)(H,7,8). The molecule has 0 aromatic heterocycles. The Kier molecular flexibility index (Phi) is 3.95. The summed E-state index contributed by atoms with van der Waals surface area (Å²) in [6.45, 7) is 2.63. The molecule has 2 atom stereocenters. The molecular formula is C4H12O5P2. The molecule has 0 saturated heterocycles. The van der Waals surface area contributed by atoms with E-state index < -0.39 is 20.9 Å². The van der Waals surface area contributed by atoms with Gasteiger partial charge in [-0.3, -0.25) is 9.13 Å². The third-order valence-electron chi connectivity index (χ3n) is 0.772. The van der Waals surface area contributed by atoms with Crippen molar-refractivity contribution in [3.8, 4) is 0 Å². The maximum atomic E-state index is 10.8. The van der Waals surface area contributed by atoms with Crippen LogP contribution in [0.1, 0.15) is 6.92 Å². The SMILES string of the molecule is CCOP(=O)(O)CP(C)(=O)O. The van der Waals surface area contributed by atoms with Gasteiger partial charge in [0.15, 0.2) is 0 Å². The zero-order chi connectivity index (χ0) is 9.12. The molecule has 0 spiro atoms. The molecule has 0 aliphatic heterocycles. The van der Waals surface area contributed by atoms with Crippen LogP contribution in [0.2, 0.25) is 0 Å². The molecule has 0 rings (SSSR count). The molecule has 0 amide bonds. The molecule has 0 aromatic rings. The fraction of sp³-hybridized carbons (Fsp3) is 1.00. The van der Waals surface area contributed by atoms with Crippen LogP contribution in [-0.4, -0.2) is 29.0 Å². The Morgan fingerprint density at radius 1 is 1.36 bits per heavy atom. The fourth-order valence-electron chi connectivity index (χ4n) is 0.574. The molecule has 0 saturated carbocycles. The van der Waals surface area contributed by atoms with E-state index in [9.17, 15) is 9.13 Å². The van der Waals surface area contributed by atoms with E-state index in [1.54, 1.807) is 6.92 Å². The van der Waals surface area contributed by atoms with Crippen LogP contribution in [0.5, 0.6) is 0 Å². The quantitative estimate of drug-likeness (QED) is 0.666. The van der Waals surface area contributed by atoms with E-state index in [0.717, 1.165) is 6.66 Å². The minimum Gasteiger partial charge on any atom is -0.344 e. The Bertz CT molecular complexity index is 207. The largest absolute Gasteiger partial charge is 0.344 e. The highest BCUT2D eigenvalue weighted by Crippen LogP contribution is 2.55. The molecular weight excluding hydrogens is 190 g/mol. The summed E-state index contributed by atoms with van der Waals surface area (Å²) in [5, 5.41) is 0. The summed E-state index contributed by atoms with van der Waals surface area (Å²) < 4.78 is 25.9. The first-order chi connectivity index (χ1) is 4.77. The van der Waals surface area contributed by atoms with Crippen LogP contribution in [0.25, 0.3) is 0 Å². The lowest BCUT2D eigenvalue weighted by Gasteiger charge is -2.11. The molecule has 2 N–H and O–H groups in total. The first-order valence-corrected chi connectivity index (χ1v) is 7.08. The zero-order valence-corrected chi connectivity index (χ0v) is 8.22. The average molecular weight is 202 g/mol. The van der Waals surface area contributed by atoms with Crippen molar-refractivity contribution in [1.29, 1.82) is 0 Å². The van der Waals surface area contributed by atoms with Crippen molar-refractivity contribution in [1.82, 2.24) is 0 Å². The Morgan fingerprint density at radius 3 is 2.09 bits per heavy atom. The van der Waals surface area contributed by atoms with E-state index in [1.807, 2.05) is 0 Å². The van der Waals surface area contributed by atoms with Gasteiger partial charge in [0.05, 0.1) is 6.61 Å². The minimum atomic E-state index is -3.83. The van der Waals surface area contributed by atoms with Gasteiger partial charge in [-0.15, -0.1) is 0 Å². The highest BCUT2D eigenvalue weighted by atomic mass is 31.2. The van der Waals surface area contributed by atoms with Crippen molar-refractivity contribution < 1.29 is 23.4 Å². The number of hydrogen-bond donors (Lipinski definition) is 2. The van der Waals surface area contributed by atoms with Gasteiger partial charge in [-0.2, -0.15) is 0 Å². The summed E-state index contributed by atoms with van der Waals surface area (Å²) >= 11 is 0. The summed E-state index contributed by atoms with van der Waals surface area (Å²) in [5.74, 6) is -0.673. The summed E-state index contributed by atoms with van der Waals surface area (Å²) in [4.78, 5) is 17.6. The minimum absolute atomic E-state index is 0.0633. The van der Waals surface area contributed by atoms with E-state index in [2.05, 4.69) is 4.52 Å². The van der Waals surface area contributed by atoms with Gasteiger partial charge in [-0.05, 0) is 6.92 Å². The molecule has 11 heavy (non-hydrogen) atoms. The van der Waals surface area contributed by atoms with Crippen molar-refractivity contribution in [2.24, 2.45) is 0 Å². The fourth-order valence-corrected chi connectivity index (χ4v) is 3.96. The summed E-state index contributed by atoms with van der Waals surface area (Å²) in [7, 11) is -7.28. The van der Waals surface area contributed by atoms with E-state index in [4.69, 9.17) is 9.79 Å². The van der Waals surface area contributed by atoms with Gasteiger partial charge in [-0.1, -0.05) is 0 Å². The second-order valence-electron chi connectivity index (χ2n) is 2.25. The van der Waals surface area contributed by atoms with Crippen molar-refractivity contribution in [3.63, 3.8) is 0 Å². The van der Waals surface area contributed by atoms with Crippen molar-refractivity contribution >= 4 is 15.0 Å². The molecule has 0 radical (unpaired) electrons. The third kappa shape index (κ3) is 6.73. The van der Waals surface area contributed by atoms with Crippen LogP contribution in [0.4, 0.5) is 0 Å². The predicted octanol–water partition coefficient (Wildman–Crippen LogP) is 1.07. The van der Waals surface area contributed by atoms with Gasteiger partial charge in [0.2, 0.25) is 7.37 Å². The smallest absolute Gasteiger partial charge is 0.337 e. The Labute approximate surface area is 65.4 Å². The molecule has 7 heteroatoms. The van der Waals surface area contributed by atoms with Crippen LogP contribution < -0.4 is 0 Å². The van der Waals surface area contributed by atoms with Crippen molar-refractivity contribution in [2.75, 3.05) is 19.2 Å². The topological polar surface area (TPSA) is 83.8 Å². The van der Waals surface area contributed by atoms with Crippen LogP contribution in [-0.2, 0) is 13.7 Å². The molecule has 2 unspecified atom stereocenters. The lowest BCUT2D eigenvalue weighted by Crippen LogP contribution is -1.94. The summed E-state index contributed by atoms with van der Waals surface area (Å²) in [5.41, 5.74) is 0. The molecule has 68 valence electrons. The normalized spacial score (nSPS) is 22.2. The van der Waals surface area contributed by atoms with Gasteiger partial charge in [0.1, 0.15) is 5.90 Å². The van der Waals surface area contributed by atoms with Crippen LogP contribution in [0.3, 0.4) is 0 Å². The van der Waals surface area contributed by atoms with Crippen molar-refractivity contribution in [3.05, 3.63) is 0 Å². The number of hydrogen-bond acceptors (Lipinski definition) is 3. The van der Waals surface area contributed by atoms with E-state index >= 15 is 0 Å². The predicted molar refractivity (Wildman–Crippen MR) is 42.1 cm³/mol. The lowest BCUT2D eigenvalue weighted by atomic mass is 10.9. The second-order valence-corrected chi connectivity index (χ2v) is 7.01. The van der Waals surface area contributed by atoms with Gasteiger partial charge in [0, 0.05) is 6.66 Å². The molecule has 0 aliphatic rings. The highest BCUT2D eigenvalue weighted by Gasteiger charge is 2.27. The van der Waals surface area contributed by atoms with Crippen molar-refractivity contribution in [2.45, 2.75) is 6.92 Å². The van der Waals surface area contributed by atoms with Crippen LogP contribution in [0.15, 0.2) is 0 Å². The first-order valence-electron chi connectivity index (χ1n) is 3.02. The zero-order valence-electron chi connectivity index (χ0n) is 6.43. The molecule has 0 bridgehead atoms. The molecule has 0 fully saturated rings. The summed E-state index contributed by atoms with van der Waals surface area (Å²) in [6.07, 6.45) is 0. The highest BCUT2D eigenvalue weighted by molar-refractivity contribution is 7.72. The lowest BCUT2D eigenvalue weighted by molar-refractivity contribution is 0.277. The third-order valence-corrected chi connectivity index (χ3v) is 4.96. The molecule has 0 aliphatic carbocycles. The van der Waals surface area contributed by atoms with Crippen LogP contribution >= 0.6 is 15.0 Å². The molecule has 0 aromatic carbocycles. The maximum absolute atomic E-state index is 10.8. The van der Waals surface area contributed by atoms with Gasteiger partial charge >= 0.3 is 7.60 Å². The van der Waals surface area contributed by atoms with E-state index in [-0.39, 0.29) is 6.61 Å². The Hall–Kier alpha value is 0.340. The first kappa shape index (κ1) is 11.3. The Morgan fingerprint density at radius 2 is 1.82 bits per heavy atom. The average Bonchev–Trinajstić information content (AvgIpc) is 1.55. The van der Waals surface area contributed by atoms with Gasteiger partial charge < -0.3 is 14.3 Å². The second kappa shape index (κ2) is 3.83. The van der Waals surface area contributed by atoms with Gasteiger partial charge in [0.25, 0.3) is 0 Å². The summed E-state index contributed by atoms with van der Waals surface area (Å²) in [6, 6.07) is 0. The number of rotatable bonds is 4. The van der Waals surface area contributed by atoms with Crippen LogP contribution in [0, 0.1) is 0 Å². The molecule has 5 nitrogen and oxygen atoms in total.